The van der Waals surface area contributed by atoms with Gasteiger partial charge in [-0.3, -0.25) is 0 Å². The highest BCUT2D eigenvalue weighted by Gasteiger charge is 2.21. The number of nitrogens with one attached hydrogen (secondary N) is 1. The molecule has 1 saturated heterocycles. The van der Waals surface area contributed by atoms with Gasteiger partial charge in [-0.1, -0.05) is 18.2 Å². The van der Waals surface area contributed by atoms with Crippen molar-refractivity contribution in [2.45, 2.75) is 12.8 Å². The molecule has 1 atom stereocenters. The number of carbonyl (C=O) groups is 1. The fourth-order valence-electron chi connectivity index (χ4n) is 3.22. The molecule has 0 unspecified atom stereocenters. The van der Waals surface area contributed by atoms with E-state index in [2.05, 4.69) is 22.4 Å². The fraction of sp³-hybridized carbons (Fsp3) is 0.444. The number of hydrogen-bond donors (Lipinski definition) is 1. The second kappa shape index (κ2) is 7.49. The maximum absolute atomic E-state index is 12.4. The number of piperidine rings is 1. The van der Waals surface area contributed by atoms with Crippen LogP contribution in [0.4, 0.5) is 10.5 Å². The molecule has 0 bridgehead atoms. The zero-order valence-corrected chi connectivity index (χ0v) is 14.4. The van der Waals surface area contributed by atoms with Gasteiger partial charge in [0.15, 0.2) is 0 Å². The highest BCUT2D eigenvalue weighted by atomic mass is 16.2. The lowest BCUT2D eigenvalue weighted by Gasteiger charge is -2.32. The van der Waals surface area contributed by atoms with Gasteiger partial charge in [0.05, 0.1) is 23.8 Å². The van der Waals surface area contributed by atoms with Gasteiger partial charge in [0.1, 0.15) is 0 Å². The maximum atomic E-state index is 12.4. The Morgan fingerprint density at radius 2 is 2.17 bits per heavy atom. The van der Waals surface area contributed by atoms with Crippen LogP contribution in [0, 0.1) is 5.92 Å². The predicted molar refractivity (Wildman–Crippen MR) is 95.4 cm³/mol. The lowest BCUT2D eigenvalue weighted by molar-refractivity contribution is 0.170. The van der Waals surface area contributed by atoms with Crippen LogP contribution in [-0.4, -0.2) is 59.3 Å². The van der Waals surface area contributed by atoms with E-state index in [4.69, 9.17) is 0 Å². The molecule has 1 aromatic carbocycles. The summed E-state index contributed by atoms with van der Waals surface area (Å²) in [6.07, 6.45) is 5.90. The van der Waals surface area contributed by atoms with Crippen LogP contribution in [0.3, 0.4) is 0 Å². The van der Waals surface area contributed by atoms with Crippen LogP contribution in [0.1, 0.15) is 12.8 Å². The Labute approximate surface area is 143 Å². The Hall–Kier alpha value is -2.34. The van der Waals surface area contributed by atoms with Crippen molar-refractivity contribution in [2.75, 3.05) is 39.0 Å². The van der Waals surface area contributed by atoms with Gasteiger partial charge in [-0.25, -0.2) is 9.48 Å². The molecule has 24 heavy (non-hydrogen) atoms. The van der Waals surface area contributed by atoms with Crippen molar-refractivity contribution in [1.82, 2.24) is 19.6 Å². The number of hydrogen-bond acceptors (Lipinski definition) is 3. The number of aromatic nitrogens is 2. The maximum Gasteiger partial charge on any atom is 0.321 e. The van der Waals surface area contributed by atoms with Gasteiger partial charge < -0.3 is 15.1 Å². The zero-order chi connectivity index (χ0) is 16.9. The summed E-state index contributed by atoms with van der Waals surface area (Å²) in [7, 11) is 4.00. The average molecular weight is 327 g/mol. The van der Waals surface area contributed by atoms with Crippen molar-refractivity contribution in [2.24, 2.45) is 5.92 Å². The first-order chi connectivity index (χ1) is 11.6. The molecule has 1 aliphatic rings. The summed E-state index contributed by atoms with van der Waals surface area (Å²) in [6.45, 7) is 3.00. The van der Waals surface area contributed by atoms with Gasteiger partial charge in [-0.15, -0.1) is 0 Å². The van der Waals surface area contributed by atoms with Crippen molar-refractivity contribution >= 4 is 11.7 Å². The second-order valence-electron chi connectivity index (χ2n) is 6.59. The minimum atomic E-state index is -0.0872. The van der Waals surface area contributed by atoms with E-state index in [0.717, 1.165) is 25.3 Å². The van der Waals surface area contributed by atoms with Gasteiger partial charge >= 0.3 is 6.03 Å². The van der Waals surface area contributed by atoms with E-state index >= 15 is 0 Å². The first-order valence-electron chi connectivity index (χ1n) is 8.42. The molecule has 2 amide bonds. The largest absolute Gasteiger partial charge is 0.327 e. The van der Waals surface area contributed by atoms with Gasteiger partial charge in [-0.2, -0.15) is 5.10 Å². The molecule has 2 aromatic rings. The molecule has 0 aliphatic carbocycles. The Bertz CT molecular complexity index is 669. The van der Waals surface area contributed by atoms with Crippen LogP contribution in [0.15, 0.2) is 42.7 Å². The number of amides is 2. The molecule has 0 spiro atoms. The first-order valence-corrected chi connectivity index (χ1v) is 8.42. The van der Waals surface area contributed by atoms with Crippen LogP contribution < -0.4 is 5.32 Å². The molecule has 1 N–H and O–H groups in total. The first kappa shape index (κ1) is 16.5. The summed E-state index contributed by atoms with van der Waals surface area (Å²) in [4.78, 5) is 16.5. The molecule has 0 saturated carbocycles. The Kier molecular flexibility index (Phi) is 5.15. The average Bonchev–Trinajstić information content (AvgIpc) is 3.04. The second-order valence-corrected chi connectivity index (χ2v) is 6.59. The summed E-state index contributed by atoms with van der Waals surface area (Å²) in [5, 5.41) is 7.22. The van der Waals surface area contributed by atoms with Gasteiger partial charge in [0.2, 0.25) is 0 Å². The van der Waals surface area contributed by atoms with Crippen LogP contribution in [0.5, 0.6) is 0 Å². The molecule has 6 nitrogen and oxygen atoms in total. The Morgan fingerprint density at radius 3 is 2.92 bits per heavy atom. The van der Waals surface area contributed by atoms with Gasteiger partial charge in [-0.05, 0) is 44.5 Å². The molecule has 3 rings (SSSR count). The van der Waals surface area contributed by atoms with E-state index in [1.165, 1.54) is 12.8 Å². The van der Waals surface area contributed by atoms with Crippen LogP contribution >= 0.6 is 0 Å². The summed E-state index contributed by atoms with van der Waals surface area (Å²) in [6, 6.07) is 9.76. The molecule has 1 fully saturated rings. The van der Waals surface area contributed by atoms with Crippen molar-refractivity contribution < 1.29 is 4.79 Å². The quantitative estimate of drug-likeness (QED) is 0.939. The minimum Gasteiger partial charge on any atom is -0.327 e. The lowest BCUT2D eigenvalue weighted by Crippen LogP contribution is -2.41. The zero-order valence-electron chi connectivity index (χ0n) is 14.4. The molecule has 1 aromatic heterocycles. The van der Waals surface area contributed by atoms with Crippen LogP contribution in [0.25, 0.3) is 5.69 Å². The number of carbonyl (C=O) groups excluding carboxylic acids is 1. The third-order valence-electron chi connectivity index (χ3n) is 4.46. The lowest BCUT2D eigenvalue weighted by atomic mass is 9.98. The number of benzene rings is 1. The predicted octanol–water partition coefficient (Wildman–Crippen LogP) is 2.68. The Balaban J connectivity index is 1.55. The summed E-state index contributed by atoms with van der Waals surface area (Å²) >= 11 is 0. The molecular weight excluding hydrogens is 302 g/mol. The third-order valence-corrected chi connectivity index (χ3v) is 4.46. The highest BCUT2D eigenvalue weighted by Crippen LogP contribution is 2.17. The molecule has 2 heterocycles. The molecule has 6 heteroatoms. The number of nitrogens with zero attached hydrogens (tertiary/aromatic N) is 4. The van der Waals surface area contributed by atoms with Crippen molar-refractivity contribution in [1.29, 1.82) is 0 Å². The monoisotopic (exact) mass is 327 g/mol. The molecule has 0 radical (unpaired) electrons. The van der Waals surface area contributed by atoms with Crippen LogP contribution in [-0.2, 0) is 0 Å². The SMILES string of the molecule is CN1CCC[C@@H](CN(C)C(=O)Nc2cnn(-c3ccccc3)c2)C1. The van der Waals surface area contributed by atoms with Crippen molar-refractivity contribution in [3.63, 3.8) is 0 Å². The summed E-state index contributed by atoms with van der Waals surface area (Å²) < 4.78 is 1.76. The third kappa shape index (κ3) is 4.14. The summed E-state index contributed by atoms with van der Waals surface area (Å²) in [5.74, 6) is 0.548. The number of anilines is 1. The van der Waals surface area contributed by atoms with Gasteiger partial charge in [0.25, 0.3) is 0 Å². The minimum absolute atomic E-state index is 0.0872. The normalized spacial score (nSPS) is 18.3. The van der Waals surface area contributed by atoms with E-state index in [-0.39, 0.29) is 6.03 Å². The number of rotatable bonds is 4. The number of urea groups is 1. The van der Waals surface area contributed by atoms with E-state index in [9.17, 15) is 4.79 Å². The smallest absolute Gasteiger partial charge is 0.321 e. The Morgan fingerprint density at radius 1 is 1.38 bits per heavy atom. The van der Waals surface area contributed by atoms with Gasteiger partial charge in [0, 0.05) is 20.1 Å². The van der Waals surface area contributed by atoms with Crippen LogP contribution in [0.2, 0.25) is 0 Å². The number of likely N-dealkylation sites (tertiary alicyclic amines) is 1. The van der Waals surface area contributed by atoms with E-state index in [1.54, 1.807) is 15.8 Å². The fourth-order valence-corrected chi connectivity index (χ4v) is 3.22. The highest BCUT2D eigenvalue weighted by molar-refractivity contribution is 5.88. The molecule has 128 valence electrons. The van der Waals surface area contributed by atoms with E-state index in [1.807, 2.05) is 43.6 Å². The standard InChI is InChI=1S/C18H25N5O/c1-21-10-6-7-15(12-21)13-22(2)18(24)20-16-11-19-23(14-16)17-8-4-3-5-9-17/h3-5,8-9,11,14-15H,6-7,10,12-13H2,1-2H3,(H,20,24)/t15-/m1/s1. The molecule has 1 aliphatic heterocycles. The van der Waals surface area contributed by atoms with Crippen molar-refractivity contribution in [3.05, 3.63) is 42.7 Å². The van der Waals surface area contributed by atoms with E-state index in [0.29, 0.717) is 11.6 Å². The number of para-hydroxylation sites is 1. The molecular formula is C18H25N5O. The van der Waals surface area contributed by atoms with E-state index < -0.39 is 0 Å². The van der Waals surface area contributed by atoms with Crippen molar-refractivity contribution in [3.8, 4) is 5.69 Å². The summed E-state index contributed by atoms with van der Waals surface area (Å²) in [5.41, 5.74) is 1.67. The topological polar surface area (TPSA) is 53.4 Å².